The van der Waals surface area contributed by atoms with Crippen LogP contribution in [-0.2, 0) is 10.0 Å². The van der Waals surface area contributed by atoms with Gasteiger partial charge in [0.15, 0.2) is 5.82 Å². The molecule has 1 aliphatic carbocycles. The Labute approximate surface area is 117 Å². The molecule has 2 atom stereocenters. The van der Waals surface area contributed by atoms with Crippen molar-refractivity contribution in [2.75, 3.05) is 6.26 Å². The van der Waals surface area contributed by atoms with Crippen molar-refractivity contribution < 1.29 is 12.8 Å². The monoisotopic (exact) mass is 304 g/mol. The third-order valence-electron chi connectivity index (χ3n) is 3.26. The highest BCUT2D eigenvalue weighted by Crippen LogP contribution is 2.27. The Morgan fingerprint density at radius 3 is 2.95 bits per heavy atom. The van der Waals surface area contributed by atoms with E-state index in [4.69, 9.17) is 0 Å². The van der Waals surface area contributed by atoms with Crippen LogP contribution in [0.1, 0.15) is 25.7 Å². The fraction of sp³-hybridized carbons (Fsp3) is 0.583. The molecule has 1 heterocycles. The first-order valence-electron chi connectivity index (χ1n) is 6.18. The lowest BCUT2D eigenvalue weighted by Crippen LogP contribution is -2.39. The van der Waals surface area contributed by atoms with Crippen LogP contribution in [0.15, 0.2) is 23.4 Å². The molecule has 7 heteroatoms. The van der Waals surface area contributed by atoms with Gasteiger partial charge in [0, 0.05) is 17.5 Å². The maximum atomic E-state index is 13.5. The largest absolute Gasteiger partial charge is 0.261 e. The lowest BCUT2D eigenvalue weighted by molar-refractivity contribution is 0.419. The third-order valence-corrected chi connectivity index (χ3v) is 5.81. The minimum Gasteiger partial charge on any atom is -0.241 e. The summed E-state index contributed by atoms with van der Waals surface area (Å²) in [6.45, 7) is 0. The summed E-state index contributed by atoms with van der Waals surface area (Å²) < 4.78 is 40.3. The van der Waals surface area contributed by atoms with Crippen LogP contribution in [0.5, 0.6) is 0 Å². The van der Waals surface area contributed by atoms with Crippen molar-refractivity contribution in [1.29, 1.82) is 0 Å². The van der Waals surface area contributed by atoms with Crippen LogP contribution in [0.4, 0.5) is 4.39 Å². The Balaban J connectivity index is 2.11. The molecule has 1 fully saturated rings. The van der Waals surface area contributed by atoms with Gasteiger partial charge in [-0.05, 0) is 37.7 Å². The first kappa shape index (κ1) is 14.7. The normalized spacial score (nSPS) is 24.3. The average molecular weight is 304 g/mol. The zero-order chi connectivity index (χ0) is 13.9. The van der Waals surface area contributed by atoms with E-state index in [1.165, 1.54) is 12.3 Å². The fourth-order valence-corrected chi connectivity index (χ4v) is 4.43. The smallest absolute Gasteiger partial charge is 0.241 e. The molecule has 0 spiro atoms. The number of thioether (sulfide) groups is 1. The van der Waals surface area contributed by atoms with Gasteiger partial charge in [0.1, 0.15) is 0 Å². The van der Waals surface area contributed by atoms with Crippen LogP contribution >= 0.6 is 11.8 Å². The van der Waals surface area contributed by atoms with Crippen LogP contribution < -0.4 is 4.72 Å². The van der Waals surface area contributed by atoms with Crippen molar-refractivity contribution in [2.24, 2.45) is 0 Å². The Morgan fingerprint density at radius 1 is 1.47 bits per heavy atom. The lowest BCUT2D eigenvalue weighted by atomic mass is 9.96. The minimum atomic E-state index is -3.87. The summed E-state index contributed by atoms with van der Waals surface area (Å²) in [6, 6.07) is 2.35. The first-order chi connectivity index (χ1) is 9.03. The predicted molar refractivity (Wildman–Crippen MR) is 74.1 cm³/mol. The highest BCUT2D eigenvalue weighted by molar-refractivity contribution is 7.99. The SMILES string of the molecule is CSC1CCCC(NS(=O)(=O)c2ncccc2F)C1. The molecule has 0 aliphatic heterocycles. The van der Waals surface area contributed by atoms with Gasteiger partial charge in [-0.3, -0.25) is 0 Å². The predicted octanol–water partition coefficient (Wildman–Crippen LogP) is 2.17. The molecule has 1 saturated carbocycles. The summed E-state index contributed by atoms with van der Waals surface area (Å²) in [5.74, 6) is -0.813. The molecule has 0 radical (unpaired) electrons. The number of hydrogen-bond donors (Lipinski definition) is 1. The fourth-order valence-electron chi connectivity index (χ4n) is 2.31. The van der Waals surface area contributed by atoms with Gasteiger partial charge in [0.05, 0.1) is 0 Å². The molecule has 106 valence electrons. The molecule has 1 aliphatic rings. The third kappa shape index (κ3) is 3.67. The van der Waals surface area contributed by atoms with Crippen molar-refractivity contribution in [3.05, 3.63) is 24.1 Å². The topological polar surface area (TPSA) is 59.1 Å². The summed E-state index contributed by atoms with van der Waals surface area (Å²) in [7, 11) is -3.87. The molecular formula is C12H17FN2O2S2. The van der Waals surface area contributed by atoms with E-state index in [1.807, 2.05) is 6.26 Å². The molecule has 19 heavy (non-hydrogen) atoms. The summed E-state index contributed by atoms with van der Waals surface area (Å²) in [5, 5.41) is -0.0451. The molecular weight excluding hydrogens is 287 g/mol. The number of halogens is 1. The summed E-state index contributed by atoms with van der Waals surface area (Å²) in [5.41, 5.74) is 0. The van der Waals surface area contributed by atoms with Crippen molar-refractivity contribution in [2.45, 2.75) is 42.0 Å². The number of aromatic nitrogens is 1. The zero-order valence-corrected chi connectivity index (χ0v) is 12.3. The van der Waals surface area contributed by atoms with Crippen molar-refractivity contribution in [3.63, 3.8) is 0 Å². The number of rotatable bonds is 4. The number of nitrogens with zero attached hydrogens (tertiary/aromatic N) is 1. The standard InChI is InChI=1S/C12H17FN2O2S2/c1-18-10-5-2-4-9(8-10)15-19(16,17)12-11(13)6-3-7-14-12/h3,6-7,9-10,15H,2,4-5,8H2,1H3. The maximum absolute atomic E-state index is 13.5. The molecule has 0 bridgehead atoms. The Morgan fingerprint density at radius 2 is 2.26 bits per heavy atom. The second kappa shape index (κ2) is 6.19. The van der Waals surface area contributed by atoms with Gasteiger partial charge in [0.25, 0.3) is 10.0 Å². The molecule has 2 unspecified atom stereocenters. The lowest BCUT2D eigenvalue weighted by Gasteiger charge is -2.28. The van der Waals surface area contributed by atoms with Gasteiger partial charge in [-0.2, -0.15) is 11.8 Å². The molecule has 4 nitrogen and oxygen atoms in total. The van der Waals surface area contributed by atoms with Crippen LogP contribution in [0.2, 0.25) is 0 Å². The van der Waals surface area contributed by atoms with Crippen molar-refractivity contribution >= 4 is 21.8 Å². The second-order valence-electron chi connectivity index (χ2n) is 4.63. The van der Waals surface area contributed by atoms with Crippen molar-refractivity contribution in [1.82, 2.24) is 9.71 Å². The number of nitrogens with one attached hydrogen (secondary N) is 1. The molecule has 2 rings (SSSR count). The van der Waals surface area contributed by atoms with E-state index in [2.05, 4.69) is 9.71 Å². The van der Waals surface area contributed by atoms with E-state index in [1.54, 1.807) is 11.8 Å². The Kier molecular flexibility index (Phi) is 4.81. The highest BCUT2D eigenvalue weighted by atomic mass is 32.2. The van der Waals surface area contributed by atoms with Gasteiger partial charge in [-0.25, -0.2) is 22.5 Å². The molecule has 1 aromatic heterocycles. The van der Waals surface area contributed by atoms with Crippen LogP contribution in [0, 0.1) is 5.82 Å². The summed E-state index contributed by atoms with van der Waals surface area (Å²) in [6.07, 6.45) is 6.99. The summed E-state index contributed by atoms with van der Waals surface area (Å²) >= 11 is 1.75. The molecule has 1 aromatic rings. The van der Waals surface area contributed by atoms with Gasteiger partial charge < -0.3 is 0 Å². The second-order valence-corrected chi connectivity index (χ2v) is 7.40. The van der Waals surface area contributed by atoms with Crippen molar-refractivity contribution in [3.8, 4) is 0 Å². The van der Waals surface area contributed by atoms with E-state index in [9.17, 15) is 12.8 Å². The van der Waals surface area contributed by atoms with Crippen LogP contribution in [-0.4, -0.2) is 30.9 Å². The van der Waals surface area contributed by atoms with E-state index in [-0.39, 0.29) is 6.04 Å². The van der Waals surface area contributed by atoms with Crippen LogP contribution in [0.25, 0.3) is 0 Å². The number of hydrogen-bond acceptors (Lipinski definition) is 4. The Hall–Kier alpha value is -0.660. The number of pyridine rings is 1. The maximum Gasteiger partial charge on any atom is 0.261 e. The van der Waals surface area contributed by atoms with Gasteiger partial charge in [0.2, 0.25) is 5.03 Å². The summed E-state index contributed by atoms with van der Waals surface area (Å²) in [4.78, 5) is 3.62. The molecule has 1 N–H and O–H groups in total. The zero-order valence-electron chi connectivity index (χ0n) is 10.7. The van der Waals surface area contributed by atoms with Crippen LogP contribution in [0.3, 0.4) is 0 Å². The van der Waals surface area contributed by atoms with E-state index < -0.39 is 20.9 Å². The number of sulfonamides is 1. The van der Waals surface area contributed by atoms with Gasteiger partial charge in [-0.15, -0.1) is 0 Å². The quantitative estimate of drug-likeness (QED) is 0.926. The van der Waals surface area contributed by atoms with E-state index in [0.717, 1.165) is 31.7 Å². The average Bonchev–Trinajstić information content (AvgIpc) is 2.38. The van der Waals surface area contributed by atoms with E-state index in [0.29, 0.717) is 5.25 Å². The highest BCUT2D eigenvalue weighted by Gasteiger charge is 2.28. The van der Waals surface area contributed by atoms with Gasteiger partial charge in [-0.1, -0.05) is 6.42 Å². The van der Waals surface area contributed by atoms with E-state index >= 15 is 0 Å². The molecule has 0 saturated heterocycles. The van der Waals surface area contributed by atoms with Gasteiger partial charge >= 0.3 is 0 Å². The molecule has 0 aromatic carbocycles. The molecule has 0 amide bonds. The Bertz CT molecular complexity index is 536. The first-order valence-corrected chi connectivity index (χ1v) is 8.95. The minimum absolute atomic E-state index is 0.127.